The molecule has 5 heteroatoms. The van der Waals surface area contributed by atoms with E-state index in [1.807, 2.05) is 38.1 Å². The molecule has 0 aromatic heterocycles. The van der Waals surface area contributed by atoms with E-state index in [4.69, 9.17) is 21.9 Å². The normalized spacial score (nSPS) is 20.2. The molecule has 0 saturated heterocycles. The molecule has 23 heavy (non-hydrogen) atoms. The summed E-state index contributed by atoms with van der Waals surface area (Å²) in [6, 6.07) is 14.2. The molecule has 2 aromatic rings. The van der Waals surface area contributed by atoms with Crippen molar-refractivity contribution in [2.24, 2.45) is 4.99 Å². The van der Waals surface area contributed by atoms with Gasteiger partial charge in [0, 0.05) is 15.6 Å². The molecule has 0 aliphatic carbocycles. The van der Waals surface area contributed by atoms with Crippen LogP contribution < -0.4 is 10.1 Å². The van der Waals surface area contributed by atoms with Crippen LogP contribution in [0.4, 0.5) is 0 Å². The number of nitrogens with zero attached hydrogens (tertiary/aromatic N) is 1. The van der Waals surface area contributed by atoms with Crippen LogP contribution in [0.25, 0.3) is 0 Å². The molecule has 3 nitrogen and oxygen atoms in total. The highest BCUT2D eigenvalue weighted by Gasteiger charge is 2.40. The predicted molar refractivity (Wildman–Crippen MR) is 101 cm³/mol. The Labute approximate surface area is 149 Å². The molecule has 1 unspecified atom stereocenters. The van der Waals surface area contributed by atoms with Gasteiger partial charge in [0.1, 0.15) is 10.7 Å². The smallest absolute Gasteiger partial charge is 0.182 e. The molecule has 1 heterocycles. The Morgan fingerprint density at radius 2 is 1.87 bits per heavy atom. The van der Waals surface area contributed by atoms with E-state index in [0.717, 1.165) is 32.6 Å². The molecule has 0 bridgehead atoms. The fourth-order valence-electron chi connectivity index (χ4n) is 2.84. The fraction of sp³-hybridized carbons (Fsp3) is 0.222. The zero-order valence-corrected chi connectivity index (χ0v) is 15.6. The lowest BCUT2D eigenvalue weighted by Gasteiger charge is -2.29. The second-order valence-electron chi connectivity index (χ2n) is 5.56. The van der Waals surface area contributed by atoms with E-state index in [-0.39, 0.29) is 0 Å². The third kappa shape index (κ3) is 2.79. The van der Waals surface area contributed by atoms with Crippen molar-refractivity contribution in [1.82, 2.24) is 5.32 Å². The van der Waals surface area contributed by atoms with Gasteiger partial charge in [0.05, 0.1) is 12.8 Å². The van der Waals surface area contributed by atoms with Gasteiger partial charge < -0.3 is 10.1 Å². The summed E-state index contributed by atoms with van der Waals surface area (Å²) in [5.41, 5.74) is 3.28. The van der Waals surface area contributed by atoms with E-state index in [1.165, 1.54) is 0 Å². The molecule has 1 N–H and O–H groups in total. The summed E-state index contributed by atoms with van der Waals surface area (Å²) in [7, 11) is 1.68. The molecular formula is C18H17BrN2OS. The molecule has 3 rings (SSSR count). The second-order valence-corrected chi connectivity index (χ2v) is 6.88. The minimum Gasteiger partial charge on any atom is -0.496 e. The Bertz CT molecular complexity index is 818. The van der Waals surface area contributed by atoms with Gasteiger partial charge in [-0.05, 0) is 43.7 Å². The van der Waals surface area contributed by atoms with E-state index in [0.29, 0.717) is 4.99 Å². The first kappa shape index (κ1) is 16.1. The van der Waals surface area contributed by atoms with Gasteiger partial charge >= 0.3 is 0 Å². The number of methoxy groups -OCH3 is 1. The average molecular weight is 389 g/mol. The molecule has 1 aliphatic heterocycles. The first-order chi connectivity index (χ1) is 11.0. The lowest BCUT2D eigenvalue weighted by molar-refractivity contribution is 0.410. The minimum atomic E-state index is -0.692. The first-order valence-corrected chi connectivity index (χ1v) is 8.46. The molecule has 1 atom stereocenters. The molecular weight excluding hydrogens is 372 g/mol. The summed E-state index contributed by atoms with van der Waals surface area (Å²) in [5, 5.41) is 3.41. The van der Waals surface area contributed by atoms with Gasteiger partial charge in [-0.3, -0.25) is 0 Å². The van der Waals surface area contributed by atoms with Crippen molar-refractivity contribution in [3.05, 3.63) is 63.6 Å². The van der Waals surface area contributed by atoms with Crippen LogP contribution in [-0.4, -0.2) is 17.8 Å². The summed E-state index contributed by atoms with van der Waals surface area (Å²) in [5.74, 6) is 0.861. The maximum Gasteiger partial charge on any atom is 0.182 e. The number of aryl methyl sites for hydroxylation is 1. The summed E-state index contributed by atoms with van der Waals surface area (Å²) in [4.78, 5) is 5.56. The van der Waals surface area contributed by atoms with Crippen LogP contribution >= 0.6 is 28.1 Å². The Morgan fingerprint density at radius 1 is 1.13 bits per heavy atom. The number of hydrogen-bond donors (Lipinski definition) is 1. The second kappa shape index (κ2) is 6.06. The third-order valence-corrected chi connectivity index (χ3v) is 4.90. The van der Waals surface area contributed by atoms with Crippen molar-refractivity contribution in [2.75, 3.05) is 7.11 Å². The topological polar surface area (TPSA) is 33.6 Å². The number of thiocarbonyl (C=S) groups is 1. The summed E-state index contributed by atoms with van der Waals surface area (Å²) < 4.78 is 6.38. The standard InChI is InChI=1S/C18H17BrN2OS/c1-11-9-14(7-8-16(11)22-3)18(20-12(2)17(23)21-18)13-5-4-6-15(19)10-13/h4-10H,1-3H3,(H,21,23). The monoisotopic (exact) mass is 388 g/mol. The molecule has 0 spiro atoms. The average Bonchev–Trinajstić information content (AvgIpc) is 2.84. The largest absolute Gasteiger partial charge is 0.496 e. The van der Waals surface area contributed by atoms with Crippen molar-refractivity contribution >= 4 is 38.8 Å². The summed E-state index contributed by atoms with van der Waals surface area (Å²) in [6.07, 6.45) is 0. The van der Waals surface area contributed by atoms with Gasteiger partial charge in [-0.25, -0.2) is 4.99 Å². The van der Waals surface area contributed by atoms with E-state index in [1.54, 1.807) is 7.11 Å². The van der Waals surface area contributed by atoms with Gasteiger partial charge in [-0.15, -0.1) is 0 Å². The molecule has 0 saturated carbocycles. The molecule has 0 amide bonds. The molecule has 0 radical (unpaired) electrons. The maximum atomic E-state index is 5.43. The zero-order chi connectivity index (χ0) is 16.6. The summed E-state index contributed by atoms with van der Waals surface area (Å²) >= 11 is 8.97. The van der Waals surface area contributed by atoms with E-state index < -0.39 is 5.66 Å². The highest BCUT2D eigenvalue weighted by Crippen LogP contribution is 2.37. The maximum absolute atomic E-state index is 5.43. The van der Waals surface area contributed by atoms with Crippen molar-refractivity contribution in [3.63, 3.8) is 0 Å². The van der Waals surface area contributed by atoms with Crippen LogP contribution in [0, 0.1) is 6.92 Å². The minimum absolute atomic E-state index is 0.679. The molecule has 1 aliphatic rings. The number of aliphatic imine (C=N–C) groups is 1. The van der Waals surface area contributed by atoms with Gasteiger partial charge in [-0.1, -0.05) is 46.3 Å². The Morgan fingerprint density at radius 3 is 2.43 bits per heavy atom. The fourth-order valence-corrected chi connectivity index (χ4v) is 3.43. The van der Waals surface area contributed by atoms with Crippen LogP contribution in [0.15, 0.2) is 51.9 Å². The van der Waals surface area contributed by atoms with Gasteiger partial charge in [0.15, 0.2) is 5.66 Å². The number of rotatable bonds is 3. The number of halogens is 1. The predicted octanol–water partition coefficient (Wildman–Crippen LogP) is 4.36. The lowest BCUT2D eigenvalue weighted by Crippen LogP contribution is -2.40. The van der Waals surface area contributed by atoms with Gasteiger partial charge in [0.2, 0.25) is 0 Å². The van der Waals surface area contributed by atoms with Crippen LogP contribution in [0.2, 0.25) is 0 Å². The third-order valence-electron chi connectivity index (χ3n) is 4.01. The van der Waals surface area contributed by atoms with Crippen LogP contribution in [0.3, 0.4) is 0 Å². The quantitative estimate of drug-likeness (QED) is 0.793. The van der Waals surface area contributed by atoms with Gasteiger partial charge in [-0.2, -0.15) is 0 Å². The van der Waals surface area contributed by atoms with Crippen LogP contribution in [0.5, 0.6) is 5.75 Å². The number of nitrogens with one attached hydrogen (secondary N) is 1. The van der Waals surface area contributed by atoms with Crippen molar-refractivity contribution in [2.45, 2.75) is 19.5 Å². The highest BCUT2D eigenvalue weighted by molar-refractivity contribution is 9.10. The SMILES string of the molecule is COc1ccc(C2(c3cccc(Br)c3)N=C(C)C(=S)N2)cc1C. The van der Waals surface area contributed by atoms with E-state index >= 15 is 0 Å². The Kier molecular flexibility index (Phi) is 4.25. The Hall–Kier alpha value is -1.72. The number of hydrogen-bond acceptors (Lipinski definition) is 3. The Balaban J connectivity index is 2.22. The molecule has 0 fully saturated rings. The van der Waals surface area contributed by atoms with E-state index in [9.17, 15) is 0 Å². The van der Waals surface area contributed by atoms with Crippen molar-refractivity contribution in [1.29, 1.82) is 0 Å². The lowest BCUT2D eigenvalue weighted by atomic mass is 9.91. The molecule has 2 aromatic carbocycles. The van der Waals surface area contributed by atoms with Crippen molar-refractivity contribution < 1.29 is 4.74 Å². The zero-order valence-electron chi connectivity index (χ0n) is 13.2. The molecule has 118 valence electrons. The van der Waals surface area contributed by atoms with E-state index in [2.05, 4.69) is 39.4 Å². The number of ether oxygens (including phenoxy) is 1. The van der Waals surface area contributed by atoms with Crippen molar-refractivity contribution in [3.8, 4) is 5.75 Å². The first-order valence-electron chi connectivity index (χ1n) is 7.26. The van der Waals surface area contributed by atoms with Crippen LogP contribution in [-0.2, 0) is 5.66 Å². The highest BCUT2D eigenvalue weighted by atomic mass is 79.9. The van der Waals surface area contributed by atoms with Gasteiger partial charge in [0.25, 0.3) is 0 Å². The number of benzene rings is 2. The van der Waals surface area contributed by atoms with Crippen LogP contribution in [0.1, 0.15) is 23.6 Å². The summed E-state index contributed by atoms with van der Waals surface area (Å²) in [6.45, 7) is 3.96.